The van der Waals surface area contributed by atoms with Crippen LogP contribution in [0.25, 0.3) is 11.0 Å². The van der Waals surface area contributed by atoms with E-state index < -0.39 is 5.97 Å². The van der Waals surface area contributed by atoms with Crippen LogP contribution in [0.4, 0.5) is 5.69 Å². The zero-order valence-corrected chi connectivity index (χ0v) is 12.1. The Hall–Kier alpha value is -2.15. The lowest BCUT2D eigenvalue weighted by molar-refractivity contribution is 0.0697. The van der Waals surface area contributed by atoms with E-state index in [4.69, 9.17) is 4.74 Å². The summed E-state index contributed by atoms with van der Waals surface area (Å²) in [5.41, 5.74) is 1.62. The largest absolute Gasteiger partial charge is 0.478 e. The van der Waals surface area contributed by atoms with Crippen molar-refractivity contribution in [3.05, 3.63) is 18.0 Å². The second-order valence-corrected chi connectivity index (χ2v) is 5.25. The molecule has 1 saturated carbocycles. The number of hydrogen-bond acceptors (Lipinski definition) is 5. The van der Waals surface area contributed by atoms with Gasteiger partial charge in [0.15, 0.2) is 5.65 Å². The Kier molecular flexibility index (Phi) is 3.50. The molecule has 0 saturated heterocycles. The summed E-state index contributed by atoms with van der Waals surface area (Å²) in [7, 11) is 3.45. The fourth-order valence-corrected chi connectivity index (χ4v) is 2.60. The van der Waals surface area contributed by atoms with Gasteiger partial charge in [-0.3, -0.25) is 4.68 Å². The molecule has 0 spiro atoms. The van der Waals surface area contributed by atoms with Crippen LogP contribution in [0, 0.1) is 0 Å². The second kappa shape index (κ2) is 5.33. The first kappa shape index (κ1) is 13.8. The summed E-state index contributed by atoms with van der Waals surface area (Å²) in [5, 5.41) is 14.5. The fourth-order valence-electron chi connectivity index (χ4n) is 2.60. The third-order valence-electron chi connectivity index (χ3n) is 3.78. The summed E-state index contributed by atoms with van der Waals surface area (Å²) in [5.74, 6) is -0.966. The Morgan fingerprint density at radius 3 is 2.90 bits per heavy atom. The van der Waals surface area contributed by atoms with Gasteiger partial charge in [0.1, 0.15) is 5.56 Å². The maximum Gasteiger partial charge on any atom is 0.339 e. The van der Waals surface area contributed by atoms with Gasteiger partial charge in [-0.25, -0.2) is 9.78 Å². The van der Waals surface area contributed by atoms with Crippen LogP contribution in [0.2, 0.25) is 0 Å². The van der Waals surface area contributed by atoms with Gasteiger partial charge in [-0.2, -0.15) is 5.10 Å². The van der Waals surface area contributed by atoms with Gasteiger partial charge in [0.2, 0.25) is 0 Å². The molecule has 0 unspecified atom stereocenters. The normalized spacial score (nSPS) is 14.6. The molecule has 0 aromatic carbocycles. The van der Waals surface area contributed by atoms with Crippen molar-refractivity contribution in [2.75, 3.05) is 25.2 Å². The van der Waals surface area contributed by atoms with Crippen LogP contribution in [0.1, 0.15) is 23.2 Å². The van der Waals surface area contributed by atoms with E-state index in [2.05, 4.69) is 15.0 Å². The average Bonchev–Trinajstić information content (AvgIpc) is 3.23. The predicted molar refractivity (Wildman–Crippen MR) is 77.7 cm³/mol. The molecule has 7 heteroatoms. The van der Waals surface area contributed by atoms with Gasteiger partial charge >= 0.3 is 5.97 Å². The Morgan fingerprint density at radius 1 is 1.52 bits per heavy atom. The van der Waals surface area contributed by atoms with Crippen LogP contribution in [0.3, 0.4) is 0 Å². The van der Waals surface area contributed by atoms with Gasteiger partial charge < -0.3 is 14.7 Å². The summed E-state index contributed by atoms with van der Waals surface area (Å²) in [6.45, 7) is 1.22. The Bertz CT molecular complexity index is 678. The molecule has 2 aromatic heterocycles. The number of aryl methyl sites for hydroxylation is 1. The summed E-state index contributed by atoms with van der Waals surface area (Å²) < 4.78 is 6.82. The highest BCUT2D eigenvalue weighted by Crippen LogP contribution is 2.37. The van der Waals surface area contributed by atoms with E-state index in [1.807, 2.05) is 0 Å². The van der Waals surface area contributed by atoms with Crippen LogP contribution in [-0.4, -0.2) is 52.1 Å². The van der Waals surface area contributed by atoms with Crippen LogP contribution < -0.4 is 4.90 Å². The molecule has 0 atom stereocenters. The first-order valence-electron chi connectivity index (χ1n) is 6.93. The third-order valence-corrected chi connectivity index (χ3v) is 3.78. The standard InChI is InChI=1S/C14H18N4O3/c1-17-13-10(8-16-17)12(11(7-15-13)14(19)20)18(5-6-21-2)9-3-4-9/h7-9H,3-6H2,1-2H3,(H,19,20). The van der Waals surface area contributed by atoms with Crippen molar-refractivity contribution < 1.29 is 14.6 Å². The molecule has 3 rings (SSSR count). The molecule has 2 heterocycles. The molecule has 1 fully saturated rings. The Balaban J connectivity index is 2.16. The lowest BCUT2D eigenvalue weighted by Gasteiger charge is -2.26. The number of pyridine rings is 1. The molecule has 0 bridgehead atoms. The van der Waals surface area contributed by atoms with Crippen molar-refractivity contribution in [1.82, 2.24) is 14.8 Å². The summed E-state index contributed by atoms with van der Waals surface area (Å²) in [6.07, 6.45) is 5.26. The molecule has 1 aliphatic carbocycles. The average molecular weight is 290 g/mol. The SMILES string of the molecule is COCCN(c1c(C(=O)O)cnc2c1cnn2C)C1CC1. The number of carboxylic acid groups (broad SMARTS) is 1. The van der Waals surface area contributed by atoms with Crippen molar-refractivity contribution >= 4 is 22.7 Å². The number of hydrogen-bond donors (Lipinski definition) is 1. The van der Waals surface area contributed by atoms with Gasteiger partial charge in [-0.15, -0.1) is 0 Å². The van der Waals surface area contributed by atoms with E-state index in [-0.39, 0.29) is 5.56 Å². The monoisotopic (exact) mass is 290 g/mol. The lowest BCUT2D eigenvalue weighted by atomic mass is 10.1. The van der Waals surface area contributed by atoms with E-state index in [1.165, 1.54) is 6.20 Å². The highest BCUT2D eigenvalue weighted by molar-refractivity contribution is 6.03. The van der Waals surface area contributed by atoms with E-state index in [0.29, 0.717) is 30.5 Å². The van der Waals surface area contributed by atoms with E-state index in [9.17, 15) is 9.90 Å². The summed E-state index contributed by atoms with van der Waals surface area (Å²) >= 11 is 0. The van der Waals surface area contributed by atoms with E-state index >= 15 is 0 Å². The first-order valence-corrected chi connectivity index (χ1v) is 6.93. The quantitative estimate of drug-likeness (QED) is 0.863. The smallest absolute Gasteiger partial charge is 0.339 e. The minimum atomic E-state index is -0.966. The molecule has 1 aliphatic rings. The van der Waals surface area contributed by atoms with E-state index in [0.717, 1.165) is 18.2 Å². The van der Waals surface area contributed by atoms with Gasteiger partial charge in [0.25, 0.3) is 0 Å². The summed E-state index contributed by atoms with van der Waals surface area (Å²) in [6, 6.07) is 0.379. The number of aromatic nitrogens is 3. The molecular formula is C14H18N4O3. The number of fused-ring (bicyclic) bond motifs is 1. The number of methoxy groups -OCH3 is 1. The number of carbonyl (C=O) groups is 1. The van der Waals surface area contributed by atoms with Crippen molar-refractivity contribution in [1.29, 1.82) is 0 Å². The van der Waals surface area contributed by atoms with Crippen LogP contribution >= 0.6 is 0 Å². The predicted octanol–water partition coefficient (Wildman–Crippen LogP) is 1.28. The maximum atomic E-state index is 11.6. The highest BCUT2D eigenvalue weighted by atomic mass is 16.5. The molecule has 112 valence electrons. The zero-order valence-electron chi connectivity index (χ0n) is 12.1. The van der Waals surface area contributed by atoms with Crippen LogP contribution in [0.5, 0.6) is 0 Å². The first-order chi connectivity index (χ1) is 10.1. The van der Waals surface area contributed by atoms with Gasteiger partial charge in [-0.05, 0) is 12.8 Å². The number of carboxylic acids is 1. The maximum absolute atomic E-state index is 11.6. The lowest BCUT2D eigenvalue weighted by Crippen LogP contribution is -2.31. The number of ether oxygens (including phenoxy) is 1. The number of anilines is 1. The minimum absolute atomic E-state index is 0.221. The minimum Gasteiger partial charge on any atom is -0.478 e. The molecule has 21 heavy (non-hydrogen) atoms. The van der Waals surface area contributed by atoms with Crippen LogP contribution in [-0.2, 0) is 11.8 Å². The second-order valence-electron chi connectivity index (χ2n) is 5.25. The number of rotatable bonds is 6. The van der Waals surface area contributed by atoms with Crippen LogP contribution in [0.15, 0.2) is 12.4 Å². The molecule has 0 aliphatic heterocycles. The Labute approximate surface area is 122 Å². The summed E-state index contributed by atoms with van der Waals surface area (Å²) in [4.78, 5) is 17.9. The molecule has 7 nitrogen and oxygen atoms in total. The zero-order chi connectivity index (χ0) is 15.0. The highest BCUT2D eigenvalue weighted by Gasteiger charge is 2.33. The number of nitrogens with zero attached hydrogens (tertiary/aromatic N) is 4. The molecule has 2 aromatic rings. The number of aromatic carboxylic acids is 1. The van der Waals surface area contributed by atoms with Crippen molar-refractivity contribution in [3.63, 3.8) is 0 Å². The molecule has 1 N–H and O–H groups in total. The Morgan fingerprint density at radius 2 is 2.29 bits per heavy atom. The van der Waals surface area contributed by atoms with Gasteiger partial charge in [0, 0.05) is 32.9 Å². The van der Waals surface area contributed by atoms with Crippen molar-refractivity contribution in [3.8, 4) is 0 Å². The van der Waals surface area contributed by atoms with E-state index in [1.54, 1.807) is 25.0 Å². The molecular weight excluding hydrogens is 272 g/mol. The van der Waals surface area contributed by atoms with Gasteiger partial charge in [-0.1, -0.05) is 0 Å². The fraction of sp³-hybridized carbons (Fsp3) is 0.500. The topological polar surface area (TPSA) is 80.5 Å². The molecule has 0 radical (unpaired) electrons. The van der Waals surface area contributed by atoms with Gasteiger partial charge in [0.05, 0.1) is 23.9 Å². The molecule has 0 amide bonds. The van der Waals surface area contributed by atoms with Crippen molar-refractivity contribution in [2.24, 2.45) is 7.05 Å². The third kappa shape index (κ3) is 2.44. The van der Waals surface area contributed by atoms with Crippen molar-refractivity contribution in [2.45, 2.75) is 18.9 Å².